The Bertz CT molecular complexity index is 964. The predicted molar refractivity (Wildman–Crippen MR) is 110 cm³/mol. The van der Waals surface area contributed by atoms with Gasteiger partial charge in [0.2, 0.25) is 5.91 Å². The van der Waals surface area contributed by atoms with Crippen molar-refractivity contribution in [3.63, 3.8) is 0 Å². The van der Waals surface area contributed by atoms with Crippen molar-refractivity contribution in [2.75, 3.05) is 10.6 Å². The van der Waals surface area contributed by atoms with Crippen molar-refractivity contribution in [2.45, 2.75) is 20.3 Å². The first-order valence-electron chi connectivity index (χ1n) is 7.78. The van der Waals surface area contributed by atoms with Gasteiger partial charge in [0, 0.05) is 14.6 Å². The van der Waals surface area contributed by atoms with E-state index in [0.717, 1.165) is 14.8 Å². The Morgan fingerprint density at radius 3 is 2.73 bits per heavy atom. The Morgan fingerprint density at radius 2 is 2.04 bits per heavy atom. The van der Waals surface area contributed by atoms with Crippen molar-refractivity contribution in [1.82, 2.24) is 4.98 Å². The minimum absolute atomic E-state index is 0.141. The monoisotopic (exact) mass is 481 g/mol. The van der Waals surface area contributed by atoms with Crippen LogP contribution in [0.1, 0.15) is 27.4 Å². The van der Waals surface area contributed by atoms with E-state index in [9.17, 15) is 9.59 Å². The third-order valence-electron chi connectivity index (χ3n) is 3.68. The molecule has 8 heteroatoms. The number of hydrogen-bond donors (Lipinski definition) is 2. The van der Waals surface area contributed by atoms with Crippen LogP contribution in [0.3, 0.4) is 0 Å². The molecule has 0 aliphatic carbocycles. The number of halogens is 1. The van der Waals surface area contributed by atoms with Gasteiger partial charge >= 0.3 is 0 Å². The average molecular weight is 481 g/mol. The normalized spacial score (nSPS) is 10.6. The van der Waals surface area contributed by atoms with Gasteiger partial charge in [-0.3, -0.25) is 14.9 Å². The van der Waals surface area contributed by atoms with Crippen LogP contribution in [0.15, 0.2) is 40.3 Å². The average Bonchev–Trinajstić information content (AvgIpc) is 3.19. The molecule has 2 heterocycles. The van der Waals surface area contributed by atoms with E-state index in [-0.39, 0.29) is 18.2 Å². The highest BCUT2D eigenvalue weighted by Crippen LogP contribution is 2.20. The standard InChI is InChI=1S/C18H16IN3O3S/c1-10-7-12(19)3-4-15(10)21-16(23)8-13-9-26-18(20-13)22-17(24)14-5-6-25-11(14)2/h3-7,9H,8H2,1-2H3,(H,21,23)(H,20,22,24). The first-order chi connectivity index (χ1) is 12.4. The molecular weight excluding hydrogens is 465 g/mol. The molecule has 6 nitrogen and oxygen atoms in total. The largest absolute Gasteiger partial charge is 0.469 e. The molecule has 0 aliphatic heterocycles. The number of carbonyl (C=O) groups is 2. The lowest BCUT2D eigenvalue weighted by Crippen LogP contribution is -2.16. The lowest BCUT2D eigenvalue weighted by molar-refractivity contribution is -0.115. The highest BCUT2D eigenvalue weighted by atomic mass is 127. The second kappa shape index (κ2) is 8.00. The number of aryl methyl sites for hydroxylation is 2. The van der Waals surface area contributed by atoms with Gasteiger partial charge in [0.25, 0.3) is 5.91 Å². The maximum absolute atomic E-state index is 12.2. The van der Waals surface area contributed by atoms with Crippen LogP contribution < -0.4 is 10.6 Å². The molecule has 0 bridgehead atoms. The quantitative estimate of drug-likeness (QED) is 0.530. The van der Waals surface area contributed by atoms with Crippen molar-refractivity contribution in [3.8, 4) is 0 Å². The summed E-state index contributed by atoms with van der Waals surface area (Å²) in [5.74, 6) is 0.117. The van der Waals surface area contributed by atoms with Gasteiger partial charge in [-0.25, -0.2) is 4.98 Å². The first kappa shape index (κ1) is 18.6. The Morgan fingerprint density at radius 1 is 1.23 bits per heavy atom. The Kier molecular flexibility index (Phi) is 5.72. The van der Waals surface area contributed by atoms with Gasteiger partial charge in [0.1, 0.15) is 5.76 Å². The fourth-order valence-electron chi connectivity index (χ4n) is 2.36. The summed E-state index contributed by atoms with van der Waals surface area (Å²) < 4.78 is 6.24. The number of rotatable bonds is 5. The molecule has 0 unspecified atom stereocenters. The third kappa shape index (κ3) is 4.50. The van der Waals surface area contributed by atoms with Gasteiger partial charge in [-0.15, -0.1) is 11.3 Å². The molecule has 2 amide bonds. The molecule has 2 aromatic heterocycles. The molecule has 0 saturated carbocycles. The smallest absolute Gasteiger partial charge is 0.260 e. The van der Waals surface area contributed by atoms with Crippen molar-refractivity contribution >= 4 is 56.6 Å². The SMILES string of the molecule is Cc1cc(I)ccc1NC(=O)Cc1csc(NC(=O)c2ccoc2C)n1. The lowest BCUT2D eigenvalue weighted by Gasteiger charge is -2.08. The van der Waals surface area contributed by atoms with Crippen LogP contribution in [0.4, 0.5) is 10.8 Å². The van der Waals surface area contributed by atoms with Gasteiger partial charge in [-0.05, 0) is 66.3 Å². The number of aromatic nitrogens is 1. The predicted octanol–water partition coefficient (Wildman–Crippen LogP) is 4.39. The summed E-state index contributed by atoms with van der Waals surface area (Å²) in [5, 5.41) is 7.82. The number of carbonyl (C=O) groups excluding carboxylic acids is 2. The van der Waals surface area contributed by atoms with Gasteiger partial charge in [-0.2, -0.15) is 0 Å². The van der Waals surface area contributed by atoms with Crippen LogP contribution >= 0.6 is 33.9 Å². The zero-order valence-electron chi connectivity index (χ0n) is 14.1. The molecule has 0 atom stereocenters. The van der Waals surface area contributed by atoms with Gasteiger partial charge < -0.3 is 9.73 Å². The van der Waals surface area contributed by atoms with Gasteiger partial charge in [0.15, 0.2) is 5.13 Å². The number of nitrogens with one attached hydrogen (secondary N) is 2. The summed E-state index contributed by atoms with van der Waals surface area (Å²) in [6.07, 6.45) is 1.61. The Balaban J connectivity index is 1.60. The van der Waals surface area contributed by atoms with Gasteiger partial charge in [-0.1, -0.05) is 0 Å². The van der Waals surface area contributed by atoms with Crippen molar-refractivity contribution < 1.29 is 14.0 Å². The molecule has 26 heavy (non-hydrogen) atoms. The maximum Gasteiger partial charge on any atom is 0.260 e. The van der Waals surface area contributed by atoms with Crippen LogP contribution in [0.2, 0.25) is 0 Å². The molecule has 3 aromatic rings. The van der Waals surface area contributed by atoms with E-state index in [1.807, 2.05) is 25.1 Å². The second-order valence-corrected chi connectivity index (χ2v) is 7.78. The summed E-state index contributed by atoms with van der Waals surface area (Å²) in [6, 6.07) is 7.44. The van der Waals surface area contributed by atoms with E-state index in [1.54, 1.807) is 18.4 Å². The molecular formula is C18H16IN3O3S. The highest BCUT2D eigenvalue weighted by Gasteiger charge is 2.14. The van der Waals surface area contributed by atoms with Crippen LogP contribution in [0, 0.1) is 17.4 Å². The second-order valence-electron chi connectivity index (χ2n) is 5.67. The maximum atomic E-state index is 12.2. The molecule has 1 aromatic carbocycles. The lowest BCUT2D eigenvalue weighted by atomic mass is 10.2. The molecule has 134 valence electrons. The number of benzene rings is 1. The molecule has 0 saturated heterocycles. The number of amides is 2. The highest BCUT2D eigenvalue weighted by molar-refractivity contribution is 14.1. The van der Waals surface area contributed by atoms with Crippen LogP contribution in [-0.4, -0.2) is 16.8 Å². The number of anilines is 2. The molecule has 0 radical (unpaired) electrons. The Labute approximate surface area is 168 Å². The van der Waals surface area contributed by atoms with Gasteiger partial charge in [0.05, 0.1) is 23.9 Å². The molecule has 0 fully saturated rings. The summed E-state index contributed by atoms with van der Waals surface area (Å²) in [7, 11) is 0. The van der Waals surface area contributed by atoms with Crippen LogP contribution in [-0.2, 0) is 11.2 Å². The fourth-order valence-corrected chi connectivity index (χ4v) is 3.71. The van der Waals surface area contributed by atoms with E-state index >= 15 is 0 Å². The molecule has 3 rings (SSSR count). The molecule has 0 spiro atoms. The summed E-state index contributed by atoms with van der Waals surface area (Å²) in [5.41, 5.74) is 2.87. The molecule has 0 aliphatic rings. The third-order valence-corrected chi connectivity index (χ3v) is 5.16. The Hall–Kier alpha value is -2.20. The number of furan rings is 1. The summed E-state index contributed by atoms with van der Waals surface area (Å²) >= 11 is 3.51. The topological polar surface area (TPSA) is 84.2 Å². The van der Waals surface area contributed by atoms with E-state index in [0.29, 0.717) is 22.1 Å². The van der Waals surface area contributed by atoms with Crippen LogP contribution in [0.25, 0.3) is 0 Å². The fraction of sp³-hybridized carbons (Fsp3) is 0.167. The van der Waals surface area contributed by atoms with E-state index < -0.39 is 0 Å². The van der Waals surface area contributed by atoms with Crippen molar-refractivity contribution in [3.05, 3.63) is 62.1 Å². The minimum atomic E-state index is -0.281. The number of hydrogen-bond acceptors (Lipinski definition) is 5. The van der Waals surface area contributed by atoms with Crippen molar-refractivity contribution in [1.29, 1.82) is 0 Å². The summed E-state index contributed by atoms with van der Waals surface area (Å²) in [4.78, 5) is 28.7. The summed E-state index contributed by atoms with van der Waals surface area (Å²) in [6.45, 7) is 3.67. The van der Waals surface area contributed by atoms with E-state index in [2.05, 4.69) is 38.2 Å². The van der Waals surface area contributed by atoms with E-state index in [1.165, 1.54) is 17.6 Å². The number of nitrogens with zero attached hydrogens (tertiary/aromatic N) is 1. The van der Waals surface area contributed by atoms with Crippen LogP contribution in [0.5, 0.6) is 0 Å². The first-order valence-corrected chi connectivity index (χ1v) is 9.74. The minimum Gasteiger partial charge on any atom is -0.469 e. The van der Waals surface area contributed by atoms with Crippen molar-refractivity contribution in [2.24, 2.45) is 0 Å². The zero-order chi connectivity index (χ0) is 18.7. The molecule has 2 N–H and O–H groups in total. The number of thiazole rings is 1. The van der Waals surface area contributed by atoms with E-state index in [4.69, 9.17) is 4.42 Å². The zero-order valence-corrected chi connectivity index (χ0v) is 17.1.